The number of aliphatic imine (C=N–C) groups is 1. The summed E-state index contributed by atoms with van der Waals surface area (Å²) in [4.78, 5) is 15.9. The number of nitrogens with one attached hydrogen (secondary N) is 3. The first-order chi connectivity index (χ1) is 11.2. The van der Waals surface area contributed by atoms with Gasteiger partial charge in [0.2, 0.25) is 5.91 Å². The number of halogens is 2. The number of carbonyl (C=O) groups excluding carboxylic acids is 1. The van der Waals surface area contributed by atoms with Crippen molar-refractivity contribution in [2.45, 2.75) is 32.4 Å². The molecule has 1 aromatic carbocycles. The molecule has 25 heavy (non-hydrogen) atoms. The highest BCUT2D eigenvalue weighted by atomic mass is 127. The highest BCUT2D eigenvalue weighted by Crippen LogP contribution is 2.19. The van der Waals surface area contributed by atoms with Crippen LogP contribution < -0.4 is 16.0 Å². The van der Waals surface area contributed by atoms with Gasteiger partial charge in [-0.2, -0.15) is 0 Å². The van der Waals surface area contributed by atoms with Crippen molar-refractivity contribution in [2.75, 3.05) is 27.2 Å². The number of nitrogens with zero attached hydrogens (tertiary/aromatic N) is 1. The Morgan fingerprint density at radius 1 is 1.32 bits per heavy atom. The van der Waals surface area contributed by atoms with Crippen molar-refractivity contribution in [1.82, 2.24) is 16.0 Å². The van der Waals surface area contributed by atoms with Crippen LogP contribution in [0.5, 0.6) is 0 Å². The summed E-state index contributed by atoms with van der Waals surface area (Å²) in [6.45, 7) is 6.45. The van der Waals surface area contributed by atoms with Gasteiger partial charge in [-0.1, -0.05) is 23.7 Å². The van der Waals surface area contributed by atoms with Gasteiger partial charge in [0.25, 0.3) is 0 Å². The predicted octanol–water partition coefficient (Wildman–Crippen LogP) is 2.73. The average Bonchev–Trinajstić information content (AvgIpc) is 2.49. The molecule has 0 aromatic heterocycles. The van der Waals surface area contributed by atoms with Crippen molar-refractivity contribution in [2.24, 2.45) is 4.99 Å². The van der Waals surface area contributed by atoms with Gasteiger partial charge in [0.15, 0.2) is 5.96 Å². The molecule has 0 aliphatic rings. The van der Waals surface area contributed by atoms with E-state index in [4.69, 9.17) is 16.3 Å². The van der Waals surface area contributed by atoms with Crippen LogP contribution in [0.2, 0.25) is 5.02 Å². The number of carbonyl (C=O) groups is 1. The van der Waals surface area contributed by atoms with E-state index in [1.165, 1.54) is 0 Å². The van der Waals surface area contributed by atoms with Crippen molar-refractivity contribution in [1.29, 1.82) is 0 Å². The monoisotopic (exact) mass is 482 g/mol. The Bertz CT molecular complexity index is 576. The van der Waals surface area contributed by atoms with Gasteiger partial charge in [-0.15, -0.1) is 24.0 Å². The molecule has 0 saturated heterocycles. The van der Waals surface area contributed by atoms with Crippen molar-refractivity contribution >= 4 is 47.4 Å². The van der Waals surface area contributed by atoms with Gasteiger partial charge in [-0.05, 0) is 38.5 Å². The molecule has 0 radical (unpaired) electrons. The van der Waals surface area contributed by atoms with E-state index >= 15 is 0 Å². The van der Waals surface area contributed by atoms with Gasteiger partial charge in [-0.3, -0.25) is 9.79 Å². The molecule has 0 saturated carbocycles. The van der Waals surface area contributed by atoms with E-state index in [-0.39, 0.29) is 48.1 Å². The number of ether oxygens (including phenoxy) is 1. The molecule has 1 atom stereocenters. The molecule has 0 heterocycles. The smallest absolute Gasteiger partial charge is 0.239 e. The molecule has 0 aliphatic carbocycles. The number of guanidine groups is 1. The molecule has 1 unspecified atom stereocenters. The van der Waals surface area contributed by atoms with Crippen LogP contribution in [-0.2, 0) is 9.53 Å². The third-order valence-corrected chi connectivity index (χ3v) is 3.35. The maximum Gasteiger partial charge on any atom is 0.239 e. The molecular weight excluding hydrogens is 455 g/mol. The molecule has 3 N–H and O–H groups in total. The third kappa shape index (κ3) is 9.86. The van der Waals surface area contributed by atoms with Crippen LogP contribution in [0.4, 0.5) is 0 Å². The zero-order valence-electron chi connectivity index (χ0n) is 15.4. The van der Waals surface area contributed by atoms with E-state index in [2.05, 4.69) is 20.9 Å². The Morgan fingerprint density at radius 2 is 2.00 bits per heavy atom. The molecule has 1 aromatic rings. The van der Waals surface area contributed by atoms with Gasteiger partial charge in [0.1, 0.15) is 0 Å². The normalized spacial score (nSPS) is 12.8. The zero-order valence-corrected chi connectivity index (χ0v) is 18.4. The Balaban J connectivity index is 0.00000576. The molecular formula is C17H28ClIN4O2. The number of benzene rings is 1. The van der Waals surface area contributed by atoms with Crippen LogP contribution in [0.25, 0.3) is 0 Å². The quantitative estimate of drug-likeness (QED) is 0.331. The summed E-state index contributed by atoms with van der Waals surface area (Å²) < 4.78 is 5.49. The third-order valence-electron chi connectivity index (χ3n) is 3.11. The maximum absolute atomic E-state index is 11.8. The van der Waals surface area contributed by atoms with E-state index in [0.29, 0.717) is 17.5 Å². The van der Waals surface area contributed by atoms with E-state index < -0.39 is 0 Å². The lowest BCUT2D eigenvalue weighted by atomic mass is 10.1. The average molecular weight is 483 g/mol. The zero-order chi connectivity index (χ0) is 18.2. The lowest BCUT2D eigenvalue weighted by Gasteiger charge is -2.22. The SMILES string of the molecule is CN=C(NCC(=O)NC(C)(C)C)NCC(OC)c1cccc(Cl)c1.I. The fourth-order valence-electron chi connectivity index (χ4n) is 2.08. The molecule has 1 amide bonds. The molecule has 0 bridgehead atoms. The predicted molar refractivity (Wildman–Crippen MR) is 114 cm³/mol. The molecule has 0 spiro atoms. The van der Waals surface area contributed by atoms with Gasteiger partial charge < -0.3 is 20.7 Å². The lowest BCUT2D eigenvalue weighted by Crippen LogP contribution is -2.48. The summed E-state index contributed by atoms with van der Waals surface area (Å²) in [5.41, 5.74) is 0.710. The van der Waals surface area contributed by atoms with Gasteiger partial charge in [0, 0.05) is 31.3 Å². The number of methoxy groups -OCH3 is 1. The van der Waals surface area contributed by atoms with E-state index in [1.807, 2.05) is 45.0 Å². The minimum absolute atomic E-state index is 0. The van der Waals surface area contributed by atoms with Crippen LogP contribution in [-0.4, -0.2) is 44.7 Å². The van der Waals surface area contributed by atoms with E-state index in [0.717, 1.165) is 5.56 Å². The molecule has 1 rings (SSSR count). The Hall–Kier alpha value is -1.06. The van der Waals surface area contributed by atoms with Crippen molar-refractivity contribution in [3.63, 3.8) is 0 Å². The largest absolute Gasteiger partial charge is 0.375 e. The maximum atomic E-state index is 11.8. The minimum Gasteiger partial charge on any atom is -0.375 e. The Labute approximate surface area is 172 Å². The summed E-state index contributed by atoms with van der Waals surface area (Å²) in [5.74, 6) is 0.437. The van der Waals surface area contributed by atoms with Crippen LogP contribution in [0, 0.1) is 0 Å². The van der Waals surface area contributed by atoms with Crippen LogP contribution in [0.15, 0.2) is 29.3 Å². The number of hydrogen-bond donors (Lipinski definition) is 3. The van der Waals surface area contributed by atoms with Crippen molar-refractivity contribution in [3.8, 4) is 0 Å². The standard InChI is InChI=1S/C17H27ClN4O2.HI/c1-17(2,3)22-15(23)11-21-16(19-4)20-10-14(24-5)12-7-6-8-13(18)9-12;/h6-9,14H,10-11H2,1-5H3,(H,22,23)(H2,19,20,21);1H. The van der Waals surface area contributed by atoms with E-state index in [9.17, 15) is 4.79 Å². The minimum atomic E-state index is -0.260. The molecule has 0 aliphatic heterocycles. The van der Waals surface area contributed by atoms with Crippen LogP contribution in [0.3, 0.4) is 0 Å². The van der Waals surface area contributed by atoms with E-state index in [1.54, 1.807) is 14.2 Å². The summed E-state index contributed by atoms with van der Waals surface area (Å²) in [6, 6.07) is 7.52. The number of rotatable bonds is 6. The number of hydrogen-bond acceptors (Lipinski definition) is 3. The fraction of sp³-hybridized carbons (Fsp3) is 0.529. The Morgan fingerprint density at radius 3 is 2.52 bits per heavy atom. The van der Waals surface area contributed by atoms with Gasteiger partial charge in [0.05, 0.1) is 12.6 Å². The molecule has 6 nitrogen and oxygen atoms in total. The summed E-state index contributed by atoms with van der Waals surface area (Å²) in [5, 5.41) is 9.67. The van der Waals surface area contributed by atoms with Crippen molar-refractivity contribution < 1.29 is 9.53 Å². The molecule has 142 valence electrons. The topological polar surface area (TPSA) is 74.8 Å². The second-order valence-electron chi connectivity index (χ2n) is 6.38. The van der Waals surface area contributed by atoms with Gasteiger partial charge in [-0.25, -0.2) is 0 Å². The second kappa shape index (κ2) is 11.5. The Kier molecular flexibility index (Phi) is 11.0. The lowest BCUT2D eigenvalue weighted by molar-refractivity contribution is -0.121. The first-order valence-corrected chi connectivity index (χ1v) is 8.16. The molecule has 8 heteroatoms. The number of amides is 1. The summed E-state index contributed by atoms with van der Waals surface area (Å²) >= 11 is 6.02. The highest BCUT2D eigenvalue weighted by Gasteiger charge is 2.15. The first kappa shape index (κ1) is 23.9. The first-order valence-electron chi connectivity index (χ1n) is 7.79. The summed E-state index contributed by atoms with van der Waals surface area (Å²) in [6.07, 6.45) is -0.175. The van der Waals surface area contributed by atoms with Crippen LogP contribution in [0.1, 0.15) is 32.4 Å². The highest BCUT2D eigenvalue weighted by molar-refractivity contribution is 14.0. The fourth-order valence-corrected chi connectivity index (χ4v) is 2.28. The van der Waals surface area contributed by atoms with Crippen molar-refractivity contribution in [3.05, 3.63) is 34.9 Å². The van der Waals surface area contributed by atoms with Crippen LogP contribution >= 0.6 is 35.6 Å². The second-order valence-corrected chi connectivity index (χ2v) is 6.82. The van der Waals surface area contributed by atoms with Gasteiger partial charge >= 0.3 is 0 Å². The summed E-state index contributed by atoms with van der Waals surface area (Å²) in [7, 11) is 3.29. The molecule has 0 fully saturated rings.